The zero-order valence-electron chi connectivity index (χ0n) is 17.3. The van der Waals surface area contributed by atoms with Gasteiger partial charge in [0.05, 0.1) is 18.0 Å². The number of aromatic nitrogens is 1. The second-order valence-electron chi connectivity index (χ2n) is 8.98. The van der Waals surface area contributed by atoms with E-state index < -0.39 is 19.7 Å². The minimum Gasteiger partial charge on any atom is -0.591 e. The standard InChI is InChI=1S/C19H33BrN2O2SSi/c1-18(2,3)25(23)21-14-10-12-16(15-11-9-13-17(20)22-15)24-26(7,8)19(4,5)6/h9,11,13-14,16H,10,12H2,1-8H3/b21-14+. The van der Waals surface area contributed by atoms with Crippen LogP contribution in [0.2, 0.25) is 18.1 Å². The van der Waals surface area contributed by atoms with Crippen LogP contribution in [0.15, 0.2) is 27.2 Å². The van der Waals surface area contributed by atoms with Gasteiger partial charge in [0.25, 0.3) is 0 Å². The van der Waals surface area contributed by atoms with Gasteiger partial charge in [-0.25, -0.2) is 4.98 Å². The molecule has 4 nitrogen and oxygen atoms in total. The molecule has 0 spiro atoms. The molecule has 0 aliphatic heterocycles. The highest BCUT2D eigenvalue weighted by atomic mass is 79.9. The lowest BCUT2D eigenvalue weighted by molar-refractivity contribution is 0.172. The number of hydrogen-bond donors (Lipinski definition) is 0. The Kier molecular flexibility index (Phi) is 8.54. The van der Waals surface area contributed by atoms with E-state index in [9.17, 15) is 4.55 Å². The van der Waals surface area contributed by atoms with Gasteiger partial charge < -0.3 is 8.98 Å². The predicted molar refractivity (Wildman–Crippen MR) is 119 cm³/mol. The molecule has 148 valence electrons. The maximum absolute atomic E-state index is 12.1. The van der Waals surface area contributed by atoms with E-state index in [2.05, 4.69) is 59.2 Å². The maximum Gasteiger partial charge on any atom is 0.192 e. The van der Waals surface area contributed by atoms with Crippen molar-refractivity contribution in [3.05, 3.63) is 28.5 Å². The summed E-state index contributed by atoms with van der Waals surface area (Å²) in [4.78, 5) is 4.60. The topological polar surface area (TPSA) is 57.5 Å². The molecule has 26 heavy (non-hydrogen) atoms. The minimum atomic E-state index is -1.94. The lowest BCUT2D eigenvalue weighted by Gasteiger charge is -2.39. The van der Waals surface area contributed by atoms with E-state index in [1.165, 1.54) is 0 Å². The van der Waals surface area contributed by atoms with Crippen molar-refractivity contribution >= 4 is 41.8 Å². The van der Waals surface area contributed by atoms with Crippen LogP contribution in [0.5, 0.6) is 0 Å². The Morgan fingerprint density at radius 2 is 1.88 bits per heavy atom. The summed E-state index contributed by atoms with van der Waals surface area (Å²) in [6.07, 6.45) is 3.14. The minimum absolute atomic E-state index is 0.0945. The van der Waals surface area contributed by atoms with Gasteiger partial charge in [0, 0.05) is 0 Å². The van der Waals surface area contributed by atoms with Gasteiger partial charge in [-0.15, -0.1) is 0 Å². The monoisotopic (exact) mass is 460 g/mol. The highest BCUT2D eigenvalue weighted by Crippen LogP contribution is 2.40. The van der Waals surface area contributed by atoms with Crippen LogP contribution < -0.4 is 0 Å². The first kappa shape index (κ1) is 23.8. The second-order valence-corrected chi connectivity index (χ2v) is 16.5. The third-order valence-electron chi connectivity index (χ3n) is 4.56. The van der Waals surface area contributed by atoms with Gasteiger partial charge in [0.15, 0.2) is 8.32 Å². The molecule has 7 heteroatoms. The van der Waals surface area contributed by atoms with E-state index in [0.29, 0.717) is 6.42 Å². The first-order valence-electron chi connectivity index (χ1n) is 8.99. The van der Waals surface area contributed by atoms with Crippen LogP contribution in [0.1, 0.15) is 66.2 Å². The first-order valence-corrected chi connectivity index (χ1v) is 13.8. The van der Waals surface area contributed by atoms with Crippen LogP contribution >= 0.6 is 15.9 Å². The molecule has 1 aromatic rings. The van der Waals surface area contributed by atoms with E-state index in [0.717, 1.165) is 16.7 Å². The second kappa shape index (κ2) is 9.32. The molecular formula is C19H33BrN2O2SSi. The van der Waals surface area contributed by atoms with Gasteiger partial charge in [0.2, 0.25) is 0 Å². The Bertz CT molecular complexity index is 612. The molecule has 1 rings (SSSR count). The fourth-order valence-corrected chi connectivity index (χ4v) is 4.13. The summed E-state index contributed by atoms with van der Waals surface area (Å²) in [7, 11) is -1.94. The zero-order chi connectivity index (χ0) is 20.2. The molecule has 0 radical (unpaired) electrons. The van der Waals surface area contributed by atoms with Crippen LogP contribution in [-0.4, -0.2) is 28.8 Å². The van der Waals surface area contributed by atoms with Crippen LogP contribution in [0.3, 0.4) is 0 Å². The van der Waals surface area contributed by atoms with Gasteiger partial charge in [-0.1, -0.05) is 31.2 Å². The molecule has 2 unspecified atom stereocenters. The molecule has 0 N–H and O–H groups in total. The van der Waals surface area contributed by atoms with E-state index in [-0.39, 0.29) is 15.9 Å². The number of nitrogens with zero attached hydrogens (tertiary/aromatic N) is 2. The summed E-state index contributed by atoms with van der Waals surface area (Å²) >= 11 is 2.23. The average Bonchev–Trinajstić information content (AvgIpc) is 2.47. The fraction of sp³-hybridized carbons (Fsp3) is 0.684. The van der Waals surface area contributed by atoms with Gasteiger partial charge in [0.1, 0.15) is 20.7 Å². The van der Waals surface area contributed by atoms with E-state index in [1.807, 2.05) is 39.0 Å². The number of halogens is 1. The molecule has 0 bridgehead atoms. The van der Waals surface area contributed by atoms with Crippen LogP contribution in [0.4, 0.5) is 0 Å². The summed E-state index contributed by atoms with van der Waals surface area (Å²) in [6, 6.07) is 5.91. The molecule has 0 amide bonds. The van der Waals surface area contributed by atoms with Crippen LogP contribution in [-0.2, 0) is 15.8 Å². The summed E-state index contributed by atoms with van der Waals surface area (Å²) < 4.78 is 23.4. The highest BCUT2D eigenvalue weighted by molar-refractivity contribution is 9.10. The molecule has 1 heterocycles. The predicted octanol–water partition coefficient (Wildman–Crippen LogP) is 6.22. The Hall–Kier alpha value is -0.213. The Labute approximate surface area is 171 Å². The Morgan fingerprint density at radius 3 is 2.38 bits per heavy atom. The van der Waals surface area contributed by atoms with Crippen molar-refractivity contribution in [2.75, 3.05) is 0 Å². The molecule has 0 aliphatic rings. The van der Waals surface area contributed by atoms with E-state index in [1.54, 1.807) is 6.21 Å². The normalized spacial score (nSPS) is 16.1. The van der Waals surface area contributed by atoms with Crippen molar-refractivity contribution in [3.8, 4) is 0 Å². The third-order valence-corrected chi connectivity index (χ3v) is 10.9. The molecule has 0 saturated carbocycles. The lowest BCUT2D eigenvalue weighted by atomic mass is 10.1. The first-order chi connectivity index (χ1) is 11.7. The lowest BCUT2D eigenvalue weighted by Crippen LogP contribution is -2.42. The largest absolute Gasteiger partial charge is 0.591 e. The number of hydrogen-bond acceptors (Lipinski definition) is 4. The van der Waals surface area contributed by atoms with Crippen LogP contribution in [0.25, 0.3) is 0 Å². The zero-order valence-corrected chi connectivity index (χ0v) is 20.7. The number of rotatable bonds is 7. The van der Waals surface area contributed by atoms with Gasteiger partial charge in [-0.2, -0.15) is 0 Å². The van der Waals surface area contributed by atoms with Crippen molar-refractivity contribution in [1.82, 2.24) is 4.98 Å². The molecule has 0 saturated heterocycles. The van der Waals surface area contributed by atoms with Gasteiger partial charge in [-0.05, 0) is 79.8 Å². The molecule has 0 aromatic carbocycles. The summed E-state index contributed by atoms with van der Waals surface area (Å²) in [5.74, 6) is 0. The summed E-state index contributed by atoms with van der Waals surface area (Å²) in [5.41, 5.74) is 0.926. The van der Waals surface area contributed by atoms with Crippen molar-refractivity contribution in [2.24, 2.45) is 4.40 Å². The van der Waals surface area contributed by atoms with Crippen molar-refractivity contribution in [2.45, 2.75) is 83.4 Å². The third kappa shape index (κ3) is 7.42. The quantitative estimate of drug-likeness (QED) is 0.210. The summed E-state index contributed by atoms with van der Waals surface area (Å²) in [6.45, 7) is 17.0. The van der Waals surface area contributed by atoms with Crippen LogP contribution in [0, 0.1) is 0 Å². The Morgan fingerprint density at radius 1 is 1.27 bits per heavy atom. The van der Waals surface area contributed by atoms with E-state index >= 15 is 0 Å². The maximum atomic E-state index is 12.1. The average molecular weight is 462 g/mol. The van der Waals surface area contributed by atoms with Crippen molar-refractivity contribution < 1.29 is 8.98 Å². The Balaban J connectivity index is 2.91. The highest BCUT2D eigenvalue weighted by Gasteiger charge is 2.39. The molecule has 2 atom stereocenters. The SMILES string of the molecule is CC(C)(C)[S+]([O-])/N=C/CCC(O[Si](C)(C)C(C)(C)C)c1cccc(Br)n1. The molecule has 1 aromatic heterocycles. The van der Waals surface area contributed by atoms with Gasteiger partial charge in [-0.3, -0.25) is 0 Å². The fourth-order valence-electron chi connectivity index (χ4n) is 1.91. The van der Waals surface area contributed by atoms with Gasteiger partial charge >= 0.3 is 0 Å². The van der Waals surface area contributed by atoms with Crippen molar-refractivity contribution in [1.29, 1.82) is 0 Å². The number of pyridine rings is 1. The molecular weight excluding hydrogens is 428 g/mol. The smallest absolute Gasteiger partial charge is 0.192 e. The van der Waals surface area contributed by atoms with E-state index in [4.69, 9.17) is 4.43 Å². The van der Waals surface area contributed by atoms with Crippen molar-refractivity contribution in [3.63, 3.8) is 0 Å². The molecule has 0 fully saturated rings. The molecule has 0 aliphatic carbocycles. The summed E-state index contributed by atoms with van der Waals surface area (Å²) in [5, 5.41) is 0.124.